The van der Waals surface area contributed by atoms with Crippen LogP contribution in [0, 0.1) is 6.92 Å². The van der Waals surface area contributed by atoms with Crippen molar-refractivity contribution < 1.29 is 33.4 Å². The molecule has 0 unspecified atom stereocenters. The van der Waals surface area contributed by atoms with E-state index in [1.54, 1.807) is 52.2 Å². The van der Waals surface area contributed by atoms with Gasteiger partial charge in [-0.3, -0.25) is 44.1 Å². The summed E-state index contributed by atoms with van der Waals surface area (Å²) in [6.45, 7) is 8.25. The van der Waals surface area contributed by atoms with E-state index in [9.17, 15) is 19.2 Å². The van der Waals surface area contributed by atoms with Gasteiger partial charge in [-0.15, -0.1) is 0 Å². The summed E-state index contributed by atoms with van der Waals surface area (Å²) >= 11 is 0. The van der Waals surface area contributed by atoms with Gasteiger partial charge in [-0.05, 0) is 69.9 Å². The van der Waals surface area contributed by atoms with E-state index in [0.717, 1.165) is 39.1 Å². The molecular weight excluding hydrogens is 837 g/mol. The number of hydrogen-bond donors (Lipinski definition) is 5. The maximum absolute atomic E-state index is 13.8. The van der Waals surface area contributed by atoms with Gasteiger partial charge in [0.1, 0.15) is 28.2 Å². The Labute approximate surface area is 373 Å². The highest BCUT2D eigenvalue weighted by Crippen LogP contribution is 2.35. The van der Waals surface area contributed by atoms with Crippen LogP contribution in [0.25, 0.3) is 22.1 Å². The van der Waals surface area contributed by atoms with Crippen molar-refractivity contribution in [1.82, 2.24) is 43.6 Å². The minimum atomic E-state index is -0.670. The molecule has 0 saturated carbocycles. The first kappa shape index (κ1) is 44.5. The van der Waals surface area contributed by atoms with Crippen molar-refractivity contribution >= 4 is 57.6 Å². The average Bonchev–Trinajstić information content (AvgIpc) is 4.05. The standard InChI is InChI=1S/C44H54N14O7/c1-5-58-33(17-26(2)52-58)41(62)51-43-48-30-18-27(38(46)59)20-34(63-4)36(30)56(43)13-7-8-14-57-37-31(49-42(57)50-40(61)29-23-54(3)53-32(29)22-45)19-28(39(47)60)21-35(37)64-15-10-12-55-24-44(25-55)11-6-9-16-65-44/h7-8,17-21,23H,5-6,9-16,22,24-25,45H2,1-4H3,(H2,46,59)(H2,47,60)(H,48,51,62)(H,49,50,61)/b8-7+. The van der Waals surface area contributed by atoms with Crippen molar-refractivity contribution in [2.75, 3.05) is 50.6 Å². The number of allylic oxidation sites excluding steroid dienone is 2. The first-order valence-corrected chi connectivity index (χ1v) is 21.6. The fraction of sp³-hybridized carbons (Fsp3) is 0.409. The molecule has 2 aliphatic heterocycles. The van der Waals surface area contributed by atoms with Gasteiger partial charge in [0.25, 0.3) is 11.8 Å². The summed E-state index contributed by atoms with van der Waals surface area (Å²) in [6, 6.07) is 7.89. The van der Waals surface area contributed by atoms with Gasteiger partial charge >= 0.3 is 0 Å². The molecule has 2 aliphatic rings. The Morgan fingerprint density at radius 1 is 0.877 bits per heavy atom. The number of nitrogens with zero attached hydrogens (tertiary/aromatic N) is 9. The molecule has 8 N–H and O–H groups in total. The van der Waals surface area contributed by atoms with Crippen LogP contribution in [0.3, 0.4) is 0 Å². The Morgan fingerprint density at radius 3 is 2.09 bits per heavy atom. The van der Waals surface area contributed by atoms with Crippen molar-refractivity contribution in [3.63, 3.8) is 0 Å². The Bertz CT molecular complexity index is 2820. The predicted molar refractivity (Wildman–Crippen MR) is 241 cm³/mol. The molecule has 65 heavy (non-hydrogen) atoms. The average molecular weight is 891 g/mol. The number of primary amides is 2. The lowest BCUT2D eigenvalue weighted by Crippen LogP contribution is -2.64. The van der Waals surface area contributed by atoms with Gasteiger partial charge in [0, 0.05) is 76.8 Å². The number of nitrogens with one attached hydrogen (secondary N) is 2. The molecule has 6 aromatic rings. The quantitative estimate of drug-likeness (QED) is 0.0614. The highest BCUT2D eigenvalue weighted by molar-refractivity contribution is 6.06. The number of aromatic nitrogens is 8. The van der Waals surface area contributed by atoms with Crippen LogP contribution in [0.2, 0.25) is 0 Å². The molecule has 2 aromatic carbocycles. The largest absolute Gasteiger partial charge is 0.494 e. The third kappa shape index (κ3) is 9.15. The number of hydrogen-bond acceptors (Lipinski definition) is 13. The van der Waals surface area contributed by atoms with Crippen molar-refractivity contribution in [3.8, 4) is 11.5 Å². The van der Waals surface area contributed by atoms with E-state index < -0.39 is 23.6 Å². The number of carbonyl (C=O) groups excluding carboxylic acids is 4. The Balaban J connectivity index is 1.12. The van der Waals surface area contributed by atoms with Gasteiger partial charge < -0.3 is 40.5 Å². The minimum absolute atomic E-state index is 0.0256. The zero-order valence-corrected chi connectivity index (χ0v) is 36.9. The van der Waals surface area contributed by atoms with E-state index >= 15 is 0 Å². The maximum Gasteiger partial charge on any atom is 0.276 e. The number of carbonyl (C=O) groups is 4. The summed E-state index contributed by atoms with van der Waals surface area (Å²) in [5.74, 6) is -1.24. The molecule has 4 aromatic heterocycles. The molecule has 21 heteroatoms. The normalized spacial score (nSPS) is 14.9. The summed E-state index contributed by atoms with van der Waals surface area (Å²) in [6.07, 6.45) is 9.36. The molecule has 21 nitrogen and oxygen atoms in total. The SMILES string of the molecule is CCn1nc(C)cc1C(=O)Nc1nc2cc(C(N)=O)cc(OC)c2n1C/C=C/Cn1c(NC(=O)c2cn(C)nc2CN)nc2cc(C(N)=O)cc(OCCCN3CC4(CCCCO4)C3)c21. The van der Waals surface area contributed by atoms with E-state index in [0.29, 0.717) is 70.2 Å². The summed E-state index contributed by atoms with van der Waals surface area (Å²) in [7, 11) is 3.16. The van der Waals surface area contributed by atoms with E-state index in [4.69, 9.17) is 41.4 Å². The van der Waals surface area contributed by atoms with Crippen LogP contribution < -0.4 is 37.3 Å². The molecule has 4 amide bonds. The number of ether oxygens (including phenoxy) is 3. The molecule has 1 spiro atoms. The van der Waals surface area contributed by atoms with E-state index in [1.807, 2.05) is 19.1 Å². The summed E-state index contributed by atoms with van der Waals surface area (Å²) in [5, 5.41) is 14.6. The lowest BCUT2D eigenvalue weighted by atomic mass is 9.86. The number of likely N-dealkylation sites (tertiary alicyclic amines) is 1. The van der Waals surface area contributed by atoms with Gasteiger partial charge in [0.2, 0.25) is 23.7 Å². The number of aryl methyl sites for hydroxylation is 3. The second-order valence-corrected chi connectivity index (χ2v) is 16.3. The van der Waals surface area contributed by atoms with Crippen molar-refractivity contribution in [2.24, 2.45) is 24.2 Å². The van der Waals surface area contributed by atoms with Crippen LogP contribution in [-0.2, 0) is 38.0 Å². The molecule has 0 aliphatic carbocycles. The zero-order valence-electron chi connectivity index (χ0n) is 36.9. The van der Waals surface area contributed by atoms with Crippen LogP contribution in [0.5, 0.6) is 11.5 Å². The van der Waals surface area contributed by atoms with Crippen molar-refractivity contribution in [1.29, 1.82) is 0 Å². The van der Waals surface area contributed by atoms with Crippen LogP contribution in [-0.4, -0.2) is 113 Å². The van der Waals surface area contributed by atoms with Gasteiger partial charge in [-0.25, -0.2) is 9.97 Å². The molecule has 342 valence electrons. The highest BCUT2D eigenvalue weighted by Gasteiger charge is 2.44. The smallest absolute Gasteiger partial charge is 0.276 e. The lowest BCUT2D eigenvalue weighted by Gasteiger charge is -2.51. The second kappa shape index (κ2) is 18.6. The highest BCUT2D eigenvalue weighted by atomic mass is 16.5. The number of rotatable bonds is 18. The number of fused-ring (bicyclic) bond motifs is 2. The maximum atomic E-state index is 13.8. The first-order chi connectivity index (χ1) is 31.3. The van der Waals surface area contributed by atoms with Crippen LogP contribution in [0.4, 0.5) is 11.9 Å². The fourth-order valence-corrected chi connectivity index (χ4v) is 8.65. The number of nitrogens with two attached hydrogens (primary N) is 3. The van der Waals surface area contributed by atoms with Crippen LogP contribution in [0.15, 0.2) is 48.7 Å². The Hall–Kier alpha value is -7.10. The minimum Gasteiger partial charge on any atom is -0.494 e. The lowest BCUT2D eigenvalue weighted by molar-refractivity contribution is -0.166. The number of methoxy groups -OCH3 is 1. The Morgan fingerprint density at radius 2 is 1.51 bits per heavy atom. The molecule has 0 atom stereocenters. The van der Waals surface area contributed by atoms with Crippen LogP contribution in [0.1, 0.15) is 85.6 Å². The molecule has 0 radical (unpaired) electrons. The molecule has 6 heterocycles. The number of imidazole rings is 2. The summed E-state index contributed by atoms with van der Waals surface area (Å²) in [4.78, 5) is 64.2. The second-order valence-electron chi connectivity index (χ2n) is 16.3. The number of anilines is 2. The molecular formula is C44H54N14O7. The summed E-state index contributed by atoms with van der Waals surface area (Å²) in [5.41, 5.74) is 21.2. The third-order valence-corrected chi connectivity index (χ3v) is 11.7. The summed E-state index contributed by atoms with van der Waals surface area (Å²) < 4.78 is 24.9. The van der Waals surface area contributed by atoms with E-state index in [1.165, 1.54) is 30.3 Å². The molecule has 0 bridgehead atoms. The number of benzene rings is 2. The fourth-order valence-electron chi connectivity index (χ4n) is 8.65. The van der Waals surface area contributed by atoms with Gasteiger partial charge in [-0.1, -0.05) is 12.2 Å². The van der Waals surface area contributed by atoms with Gasteiger partial charge in [0.15, 0.2) is 0 Å². The first-order valence-electron chi connectivity index (χ1n) is 21.6. The van der Waals surface area contributed by atoms with Crippen LogP contribution >= 0.6 is 0 Å². The van der Waals surface area contributed by atoms with Crippen molar-refractivity contribution in [2.45, 2.75) is 71.3 Å². The predicted octanol–water partition coefficient (Wildman–Crippen LogP) is 3.09. The molecule has 2 fully saturated rings. The topological polar surface area (TPSA) is 273 Å². The third-order valence-electron chi connectivity index (χ3n) is 11.7. The number of amides is 4. The Kier molecular flexibility index (Phi) is 12.7. The zero-order chi connectivity index (χ0) is 46.0. The molecule has 8 rings (SSSR count). The van der Waals surface area contributed by atoms with E-state index in [-0.39, 0.29) is 53.8 Å². The monoisotopic (exact) mass is 890 g/mol. The molecule has 2 saturated heterocycles. The van der Waals surface area contributed by atoms with Gasteiger partial charge in [0.05, 0.1) is 47.3 Å². The van der Waals surface area contributed by atoms with Gasteiger partial charge in [-0.2, -0.15) is 10.2 Å². The van der Waals surface area contributed by atoms with E-state index in [2.05, 4.69) is 25.7 Å². The van der Waals surface area contributed by atoms with Crippen molar-refractivity contribution in [3.05, 3.63) is 82.5 Å².